The minimum Gasteiger partial charge on any atom is -0.326 e. The van der Waals surface area contributed by atoms with E-state index in [0.29, 0.717) is 5.82 Å². The van der Waals surface area contributed by atoms with Gasteiger partial charge in [-0.25, -0.2) is 15.8 Å². The fraction of sp³-hybridized carbons (Fsp3) is 0.375. The van der Waals surface area contributed by atoms with Crippen molar-refractivity contribution in [3.05, 3.63) is 41.7 Å². The molecule has 1 aliphatic rings. The average Bonchev–Trinajstić information content (AvgIpc) is 2.76. The fourth-order valence-electron chi connectivity index (χ4n) is 2.78. The molecule has 110 valence electrons. The van der Waals surface area contributed by atoms with E-state index < -0.39 is 0 Å². The minimum absolute atomic E-state index is 0.665. The molecule has 21 heavy (non-hydrogen) atoms. The summed E-state index contributed by atoms with van der Waals surface area (Å²) in [6, 6.07) is 10.5. The van der Waals surface area contributed by atoms with Crippen LogP contribution < -0.4 is 16.2 Å². The van der Waals surface area contributed by atoms with Crippen LogP contribution in [0.3, 0.4) is 0 Å². The lowest BCUT2D eigenvalue weighted by Crippen LogP contribution is -2.21. The number of hydrogen-bond acceptors (Lipinski definition) is 5. The van der Waals surface area contributed by atoms with Gasteiger partial charge < -0.3 is 10.3 Å². The molecule has 0 radical (unpaired) electrons. The average molecular weight is 283 g/mol. The van der Waals surface area contributed by atoms with E-state index in [4.69, 9.17) is 5.84 Å². The number of para-hydroxylation sites is 1. The summed E-state index contributed by atoms with van der Waals surface area (Å²) in [5, 5.41) is 0. The van der Waals surface area contributed by atoms with Gasteiger partial charge in [-0.2, -0.15) is 0 Å². The molecule has 0 amide bonds. The summed E-state index contributed by atoms with van der Waals surface area (Å²) in [6.07, 6.45) is 4.28. The second-order valence-electron chi connectivity index (χ2n) is 5.26. The molecule has 3 rings (SSSR count). The number of anilines is 3. The van der Waals surface area contributed by atoms with Crippen LogP contribution in [-0.2, 0) is 12.8 Å². The van der Waals surface area contributed by atoms with Crippen molar-refractivity contribution in [2.45, 2.75) is 32.6 Å². The molecule has 3 N–H and O–H groups in total. The number of nitrogens with zero attached hydrogens (tertiary/aromatic N) is 3. The Morgan fingerprint density at radius 2 is 2.10 bits per heavy atom. The highest BCUT2D eigenvalue weighted by molar-refractivity contribution is 5.66. The van der Waals surface area contributed by atoms with Crippen LogP contribution in [0.15, 0.2) is 30.3 Å². The lowest BCUT2D eigenvalue weighted by molar-refractivity contribution is 0.755. The van der Waals surface area contributed by atoms with Crippen LogP contribution in [0.2, 0.25) is 0 Å². The number of nitrogens with one attached hydrogen (secondary N) is 1. The van der Waals surface area contributed by atoms with E-state index in [-0.39, 0.29) is 0 Å². The molecule has 0 bridgehead atoms. The van der Waals surface area contributed by atoms with Crippen molar-refractivity contribution in [1.29, 1.82) is 0 Å². The second kappa shape index (κ2) is 6.10. The molecule has 1 aromatic carbocycles. The van der Waals surface area contributed by atoms with Gasteiger partial charge in [-0.1, -0.05) is 25.1 Å². The van der Waals surface area contributed by atoms with Crippen LogP contribution in [0.4, 0.5) is 17.3 Å². The summed E-state index contributed by atoms with van der Waals surface area (Å²) < 4.78 is 0. The molecule has 0 saturated heterocycles. The quantitative estimate of drug-likeness (QED) is 0.669. The van der Waals surface area contributed by atoms with Gasteiger partial charge in [-0.05, 0) is 30.9 Å². The third-order valence-electron chi connectivity index (χ3n) is 3.86. The number of rotatable bonds is 3. The van der Waals surface area contributed by atoms with E-state index in [1.807, 2.05) is 6.07 Å². The molecular weight excluding hydrogens is 262 g/mol. The Balaban J connectivity index is 2.07. The monoisotopic (exact) mass is 283 g/mol. The van der Waals surface area contributed by atoms with Gasteiger partial charge in [0.05, 0.1) is 0 Å². The number of aryl methyl sites for hydroxylation is 2. The van der Waals surface area contributed by atoms with Crippen molar-refractivity contribution in [1.82, 2.24) is 9.97 Å². The van der Waals surface area contributed by atoms with Crippen LogP contribution in [0.25, 0.3) is 0 Å². The van der Waals surface area contributed by atoms with Crippen LogP contribution in [0.1, 0.15) is 31.2 Å². The molecule has 0 aliphatic carbocycles. The molecule has 0 unspecified atom stereocenters. The molecule has 0 saturated carbocycles. The highest BCUT2D eigenvalue weighted by Gasteiger charge is 2.18. The highest BCUT2D eigenvalue weighted by Crippen LogP contribution is 2.32. The van der Waals surface area contributed by atoms with Crippen molar-refractivity contribution in [3.8, 4) is 0 Å². The van der Waals surface area contributed by atoms with Crippen LogP contribution in [-0.4, -0.2) is 16.5 Å². The van der Waals surface area contributed by atoms with Crippen molar-refractivity contribution in [3.63, 3.8) is 0 Å². The maximum atomic E-state index is 5.54. The fourth-order valence-corrected chi connectivity index (χ4v) is 2.78. The van der Waals surface area contributed by atoms with E-state index in [0.717, 1.165) is 37.4 Å². The first-order chi connectivity index (χ1) is 10.3. The zero-order valence-electron chi connectivity index (χ0n) is 12.3. The topological polar surface area (TPSA) is 67.1 Å². The summed E-state index contributed by atoms with van der Waals surface area (Å²) >= 11 is 0. The summed E-state index contributed by atoms with van der Waals surface area (Å²) in [7, 11) is 0. The van der Waals surface area contributed by atoms with E-state index in [2.05, 4.69) is 51.5 Å². The predicted molar refractivity (Wildman–Crippen MR) is 85.6 cm³/mol. The van der Waals surface area contributed by atoms with Crippen LogP contribution in [0, 0.1) is 0 Å². The normalized spacial score (nSPS) is 14.5. The Hall–Kier alpha value is -2.14. The molecule has 0 fully saturated rings. The second-order valence-corrected chi connectivity index (χ2v) is 5.26. The van der Waals surface area contributed by atoms with Gasteiger partial charge in [0.1, 0.15) is 17.5 Å². The number of benzene rings is 1. The molecule has 1 aliphatic heterocycles. The highest BCUT2D eigenvalue weighted by atomic mass is 15.3. The summed E-state index contributed by atoms with van der Waals surface area (Å²) in [4.78, 5) is 11.3. The molecule has 5 heteroatoms. The van der Waals surface area contributed by atoms with Crippen molar-refractivity contribution < 1.29 is 0 Å². The number of hydrazine groups is 1. The molecule has 0 atom stereocenters. The molecule has 5 nitrogen and oxygen atoms in total. The first-order valence-electron chi connectivity index (χ1n) is 7.52. The van der Waals surface area contributed by atoms with Crippen molar-refractivity contribution in [2.75, 3.05) is 16.9 Å². The van der Waals surface area contributed by atoms with E-state index in [1.54, 1.807) is 0 Å². The SMILES string of the molecule is CCc1nc(NN)cc(N2CCCCc3ccccc32)n1. The number of nitrogen functional groups attached to an aromatic ring is 1. The molecule has 0 spiro atoms. The lowest BCUT2D eigenvalue weighted by atomic mass is 10.1. The lowest BCUT2D eigenvalue weighted by Gasteiger charge is -2.24. The molecule has 2 heterocycles. The Morgan fingerprint density at radius 3 is 2.90 bits per heavy atom. The van der Waals surface area contributed by atoms with Gasteiger partial charge in [0.25, 0.3) is 0 Å². The smallest absolute Gasteiger partial charge is 0.145 e. The molecule has 1 aromatic heterocycles. The first-order valence-corrected chi connectivity index (χ1v) is 7.52. The van der Waals surface area contributed by atoms with Gasteiger partial charge in [0.15, 0.2) is 0 Å². The Bertz CT molecular complexity index is 604. The third kappa shape index (κ3) is 2.83. The Kier molecular flexibility index (Phi) is 4.01. The van der Waals surface area contributed by atoms with Crippen molar-refractivity contribution in [2.24, 2.45) is 5.84 Å². The van der Waals surface area contributed by atoms with Gasteiger partial charge in [0.2, 0.25) is 0 Å². The minimum atomic E-state index is 0.665. The zero-order valence-corrected chi connectivity index (χ0v) is 12.3. The van der Waals surface area contributed by atoms with Crippen molar-refractivity contribution >= 4 is 17.3 Å². The van der Waals surface area contributed by atoms with Crippen LogP contribution in [0.5, 0.6) is 0 Å². The standard InChI is InChI=1S/C16H21N5/c1-2-14-18-15(20-17)11-16(19-14)21-10-6-5-8-12-7-3-4-9-13(12)21/h3-4,7,9,11H,2,5-6,8,10,17H2,1H3,(H,18,19,20). The Labute approximate surface area is 125 Å². The summed E-state index contributed by atoms with van der Waals surface area (Å²) in [6.45, 7) is 3.02. The number of aromatic nitrogens is 2. The van der Waals surface area contributed by atoms with E-state index in [1.165, 1.54) is 17.7 Å². The number of hydrogen-bond donors (Lipinski definition) is 2. The van der Waals surface area contributed by atoms with Gasteiger partial charge in [-0.15, -0.1) is 0 Å². The predicted octanol–water partition coefficient (Wildman–Crippen LogP) is 2.80. The number of nitrogens with two attached hydrogens (primary N) is 1. The molecular formula is C16H21N5. The van der Waals surface area contributed by atoms with Gasteiger partial charge in [-0.3, -0.25) is 0 Å². The maximum Gasteiger partial charge on any atom is 0.145 e. The third-order valence-corrected chi connectivity index (χ3v) is 3.86. The summed E-state index contributed by atoms with van der Waals surface area (Å²) in [5.41, 5.74) is 5.28. The number of fused-ring (bicyclic) bond motifs is 1. The Morgan fingerprint density at radius 1 is 1.24 bits per heavy atom. The maximum absolute atomic E-state index is 5.54. The van der Waals surface area contributed by atoms with E-state index in [9.17, 15) is 0 Å². The summed E-state index contributed by atoms with van der Waals surface area (Å²) in [5.74, 6) is 7.93. The van der Waals surface area contributed by atoms with Crippen LogP contribution >= 0.6 is 0 Å². The largest absolute Gasteiger partial charge is 0.326 e. The van der Waals surface area contributed by atoms with E-state index >= 15 is 0 Å². The first kappa shape index (κ1) is 13.8. The van der Waals surface area contributed by atoms with Gasteiger partial charge in [0, 0.05) is 24.7 Å². The zero-order chi connectivity index (χ0) is 14.7. The molecule has 2 aromatic rings. The van der Waals surface area contributed by atoms with Gasteiger partial charge >= 0.3 is 0 Å².